The molecule has 2 N–H and O–H groups in total. The summed E-state index contributed by atoms with van der Waals surface area (Å²) in [5.41, 5.74) is 1.22. The first-order chi connectivity index (χ1) is 19.0. The van der Waals surface area contributed by atoms with Crippen LogP contribution >= 0.6 is 0 Å². The van der Waals surface area contributed by atoms with Gasteiger partial charge < -0.3 is 24.3 Å². The first-order valence-corrected chi connectivity index (χ1v) is 13.0. The monoisotopic (exact) mass is 526 g/mol. The lowest BCUT2D eigenvalue weighted by atomic mass is 9.73. The molecule has 39 heavy (non-hydrogen) atoms. The first-order valence-electron chi connectivity index (χ1n) is 13.0. The molecule has 3 unspecified atom stereocenters. The van der Waals surface area contributed by atoms with Crippen LogP contribution in [-0.4, -0.2) is 54.2 Å². The van der Waals surface area contributed by atoms with E-state index in [1.54, 1.807) is 7.05 Å². The third-order valence-electron chi connectivity index (χ3n) is 7.64. The predicted octanol–water partition coefficient (Wildman–Crippen LogP) is 2.84. The van der Waals surface area contributed by atoms with Gasteiger partial charge in [0.2, 0.25) is 0 Å². The number of aromatic nitrogens is 4. The molecule has 1 fully saturated rings. The van der Waals surface area contributed by atoms with Gasteiger partial charge in [0, 0.05) is 13.0 Å². The molecule has 2 aromatic heterocycles. The minimum absolute atomic E-state index is 0.00833. The average Bonchev–Trinajstić information content (AvgIpc) is 3.54. The van der Waals surface area contributed by atoms with Gasteiger partial charge in [0.25, 0.3) is 5.56 Å². The number of ether oxygens (including phenoxy) is 2. The van der Waals surface area contributed by atoms with Crippen LogP contribution in [0.25, 0.3) is 11.2 Å². The normalized spacial score (nSPS) is 24.9. The molecule has 9 nitrogen and oxygen atoms in total. The maximum atomic E-state index is 12.5. The largest absolute Gasteiger partial charge is 0.387 e. The number of fused-ring (bicyclic) bond motifs is 1. The van der Waals surface area contributed by atoms with Crippen molar-refractivity contribution in [2.45, 2.75) is 36.6 Å². The highest BCUT2D eigenvalue weighted by atomic mass is 16.6. The second-order valence-electron chi connectivity index (χ2n) is 9.96. The Morgan fingerprint density at radius 1 is 0.974 bits per heavy atom. The Hall–Kier alpha value is -3.89. The van der Waals surface area contributed by atoms with E-state index in [4.69, 9.17) is 9.47 Å². The van der Waals surface area contributed by atoms with Gasteiger partial charge in [-0.2, -0.15) is 0 Å². The van der Waals surface area contributed by atoms with Crippen LogP contribution in [0.3, 0.4) is 0 Å². The molecule has 1 saturated heterocycles. The molecule has 5 atom stereocenters. The number of hydrogen-bond donors (Lipinski definition) is 2. The molecule has 2 aliphatic rings. The van der Waals surface area contributed by atoms with E-state index >= 15 is 0 Å². The van der Waals surface area contributed by atoms with E-state index in [9.17, 15) is 15.0 Å². The number of rotatable bonds is 7. The number of imidazole rings is 1. The average molecular weight is 527 g/mol. The predicted molar refractivity (Wildman–Crippen MR) is 145 cm³/mol. The van der Waals surface area contributed by atoms with E-state index in [1.807, 2.05) is 72.8 Å². The SMILES string of the molecule is Cn1cnc2c(ncn2[C@@H]2O[C@H](COC(c3ccccc3)(c3ccccc3)C3C=CC=CC3)C(O)C2O)c1=O. The second-order valence-corrected chi connectivity index (χ2v) is 9.96. The van der Waals surface area contributed by atoms with Crippen molar-refractivity contribution < 1.29 is 19.7 Å². The Morgan fingerprint density at radius 2 is 1.67 bits per heavy atom. The van der Waals surface area contributed by atoms with Crippen molar-refractivity contribution in [3.05, 3.63) is 119 Å². The number of benzene rings is 2. The van der Waals surface area contributed by atoms with Crippen LogP contribution in [0.2, 0.25) is 0 Å². The van der Waals surface area contributed by atoms with E-state index in [0.29, 0.717) is 0 Å². The van der Waals surface area contributed by atoms with Crippen LogP contribution < -0.4 is 5.56 Å². The topological polar surface area (TPSA) is 112 Å². The van der Waals surface area contributed by atoms with E-state index in [1.165, 1.54) is 21.8 Å². The maximum Gasteiger partial charge on any atom is 0.281 e. The molecule has 2 aromatic carbocycles. The van der Waals surface area contributed by atoms with Gasteiger partial charge in [0.05, 0.1) is 19.3 Å². The van der Waals surface area contributed by atoms with Crippen molar-refractivity contribution >= 4 is 11.2 Å². The molecule has 1 aliphatic carbocycles. The lowest BCUT2D eigenvalue weighted by Crippen LogP contribution is -2.43. The minimum Gasteiger partial charge on any atom is -0.387 e. The highest BCUT2D eigenvalue weighted by molar-refractivity contribution is 5.69. The van der Waals surface area contributed by atoms with Crippen molar-refractivity contribution in [2.24, 2.45) is 13.0 Å². The van der Waals surface area contributed by atoms with Gasteiger partial charge in [-0.05, 0) is 17.5 Å². The first kappa shape index (κ1) is 25.4. The molecule has 0 amide bonds. The summed E-state index contributed by atoms with van der Waals surface area (Å²) in [6.45, 7) is 0.00833. The minimum atomic E-state index is -1.28. The van der Waals surface area contributed by atoms with Crippen LogP contribution in [-0.2, 0) is 22.1 Å². The van der Waals surface area contributed by atoms with E-state index in [0.717, 1.165) is 17.5 Å². The molecule has 6 rings (SSSR count). The summed E-state index contributed by atoms with van der Waals surface area (Å²) < 4.78 is 15.9. The summed E-state index contributed by atoms with van der Waals surface area (Å²) in [5.74, 6) is -0.0235. The lowest BCUT2D eigenvalue weighted by molar-refractivity contribution is -0.118. The summed E-state index contributed by atoms with van der Waals surface area (Å²) in [7, 11) is 1.59. The molecule has 0 saturated carbocycles. The van der Waals surface area contributed by atoms with Crippen molar-refractivity contribution in [3.8, 4) is 0 Å². The van der Waals surface area contributed by atoms with Gasteiger partial charge in [0.15, 0.2) is 17.4 Å². The Labute approximate surface area is 225 Å². The van der Waals surface area contributed by atoms with E-state index in [2.05, 4.69) is 22.1 Å². The van der Waals surface area contributed by atoms with Crippen LogP contribution in [0.15, 0.2) is 102 Å². The van der Waals surface area contributed by atoms with Crippen molar-refractivity contribution in [1.29, 1.82) is 0 Å². The zero-order valence-electron chi connectivity index (χ0n) is 21.4. The smallest absolute Gasteiger partial charge is 0.281 e. The van der Waals surface area contributed by atoms with Crippen LogP contribution in [0.5, 0.6) is 0 Å². The Morgan fingerprint density at radius 3 is 2.31 bits per heavy atom. The van der Waals surface area contributed by atoms with E-state index < -0.39 is 30.1 Å². The Kier molecular flexibility index (Phi) is 6.74. The number of aliphatic hydroxyl groups excluding tert-OH is 2. The highest BCUT2D eigenvalue weighted by Gasteiger charge is 2.48. The summed E-state index contributed by atoms with van der Waals surface area (Å²) in [5, 5.41) is 22.0. The molecule has 1 aliphatic heterocycles. The number of aliphatic hydroxyl groups is 2. The van der Waals surface area contributed by atoms with Gasteiger partial charge in [-0.3, -0.25) is 9.36 Å². The van der Waals surface area contributed by atoms with Crippen molar-refractivity contribution in [1.82, 2.24) is 19.1 Å². The van der Waals surface area contributed by atoms with E-state index in [-0.39, 0.29) is 29.2 Å². The fourth-order valence-corrected chi connectivity index (χ4v) is 5.61. The summed E-state index contributed by atoms with van der Waals surface area (Å²) in [6, 6.07) is 20.1. The molecule has 9 heteroatoms. The quantitative estimate of drug-likeness (QED) is 0.381. The second kappa shape index (κ2) is 10.3. The molecule has 200 valence electrons. The molecular weight excluding hydrogens is 496 g/mol. The van der Waals surface area contributed by atoms with Crippen molar-refractivity contribution in [3.63, 3.8) is 0 Å². The molecule has 3 heterocycles. The summed E-state index contributed by atoms with van der Waals surface area (Å²) >= 11 is 0. The van der Waals surface area contributed by atoms with Crippen LogP contribution in [0.4, 0.5) is 0 Å². The van der Waals surface area contributed by atoms with Crippen LogP contribution in [0, 0.1) is 5.92 Å². The molecule has 4 aromatic rings. The summed E-state index contributed by atoms with van der Waals surface area (Å²) in [4.78, 5) is 20.9. The molecule has 0 bridgehead atoms. The number of nitrogens with zero attached hydrogens (tertiary/aromatic N) is 4. The van der Waals surface area contributed by atoms with Gasteiger partial charge >= 0.3 is 0 Å². The highest BCUT2D eigenvalue weighted by Crippen LogP contribution is 2.45. The number of aryl methyl sites for hydroxylation is 1. The van der Waals surface area contributed by atoms with Gasteiger partial charge in [-0.25, -0.2) is 9.97 Å². The third-order valence-corrected chi connectivity index (χ3v) is 7.64. The molecular formula is C30H30N4O5. The number of hydrogen-bond acceptors (Lipinski definition) is 7. The molecule has 0 spiro atoms. The zero-order valence-corrected chi connectivity index (χ0v) is 21.4. The zero-order chi connectivity index (χ0) is 27.0. The van der Waals surface area contributed by atoms with Gasteiger partial charge in [-0.15, -0.1) is 0 Å². The maximum absolute atomic E-state index is 12.5. The Bertz CT molecular complexity index is 1520. The fraction of sp³-hybridized carbons (Fsp3) is 0.300. The summed E-state index contributed by atoms with van der Waals surface area (Å²) in [6.07, 6.45) is 7.54. The van der Waals surface area contributed by atoms with Gasteiger partial charge in [-0.1, -0.05) is 85.0 Å². The lowest BCUT2D eigenvalue weighted by Gasteiger charge is -2.41. The molecule has 0 radical (unpaired) electrons. The number of allylic oxidation sites excluding steroid dienone is 3. The van der Waals surface area contributed by atoms with Gasteiger partial charge in [0.1, 0.15) is 23.9 Å². The van der Waals surface area contributed by atoms with Crippen molar-refractivity contribution in [2.75, 3.05) is 6.61 Å². The standard InChI is InChI=1S/C30H30N4O5/c1-33-18-32-27-24(28(33)37)31-19-34(27)29-26(36)25(35)23(39-29)17-38-30(20-11-5-2-6-12-20,21-13-7-3-8-14-21)22-15-9-4-10-16-22/h2-15,18-19,22-23,25-26,29,35-36H,16-17H2,1H3/t22?,23-,25?,26?,29-/m1/s1. The fourth-order valence-electron chi connectivity index (χ4n) is 5.61. The Balaban J connectivity index is 1.34. The van der Waals surface area contributed by atoms with Crippen LogP contribution in [0.1, 0.15) is 23.8 Å². The third kappa shape index (κ3) is 4.33.